The van der Waals surface area contributed by atoms with E-state index in [1.54, 1.807) is 13.0 Å². The number of hydrogen-bond donors (Lipinski definition) is 1. The van der Waals surface area contributed by atoms with Crippen molar-refractivity contribution >= 4 is 15.8 Å². The van der Waals surface area contributed by atoms with E-state index in [0.29, 0.717) is 49.1 Å². The predicted octanol–water partition coefficient (Wildman–Crippen LogP) is 8.79. The molecule has 1 N–H and O–H groups in total. The molecule has 1 saturated heterocycles. The van der Waals surface area contributed by atoms with Gasteiger partial charge < -0.3 is 15.0 Å². The Morgan fingerprint density at radius 1 is 0.981 bits per heavy atom. The Kier molecular flexibility index (Phi) is 10.1. The van der Waals surface area contributed by atoms with E-state index in [2.05, 4.69) is 64.4 Å². The minimum absolute atomic E-state index is 0.0426. The molecule has 0 amide bonds. The van der Waals surface area contributed by atoms with Crippen molar-refractivity contribution in [3.05, 3.63) is 35.5 Å². The molecule has 5 fully saturated rings. The molecule has 10 unspecified atom stereocenters. The summed E-state index contributed by atoms with van der Waals surface area (Å²) >= 11 is 0. The zero-order valence-corrected chi connectivity index (χ0v) is 34.6. The van der Waals surface area contributed by atoms with Crippen LogP contribution >= 0.6 is 0 Å². The van der Waals surface area contributed by atoms with Gasteiger partial charge in [0.1, 0.15) is 0 Å². The highest BCUT2D eigenvalue weighted by Gasteiger charge is 2.70. The zero-order valence-electron chi connectivity index (χ0n) is 33.8. The second-order valence-corrected chi connectivity index (χ2v) is 22.3. The molecule has 0 aromatic heterocycles. The van der Waals surface area contributed by atoms with Gasteiger partial charge in [-0.2, -0.15) is 8.78 Å². The molecular weight excluding hydrogens is 691 g/mol. The number of ether oxygens (including phenoxy) is 1. The molecule has 0 radical (unpaired) electrons. The fraction of sp³-hybridized carbons (Fsp3) is 0.841. The number of hydrogen-bond acceptors (Lipinski definition) is 6. The number of carbonyl (C=O) groups excluding carboxylic acids is 1. The highest BCUT2D eigenvalue weighted by atomic mass is 32.2. The van der Waals surface area contributed by atoms with Gasteiger partial charge in [-0.05, 0) is 147 Å². The third-order valence-corrected chi connectivity index (χ3v) is 19.1. The van der Waals surface area contributed by atoms with Crippen LogP contribution in [0.25, 0.3) is 0 Å². The van der Waals surface area contributed by atoms with Crippen LogP contribution in [-0.4, -0.2) is 75.0 Å². The minimum atomic E-state index is -3.50. The maximum atomic E-state index is 15.1. The highest BCUT2D eigenvalue weighted by molar-refractivity contribution is 7.91. The number of rotatable bonds is 9. The number of sulfone groups is 1. The lowest BCUT2D eigenvalue weighted by atomic mass is 9.33. The Morgan fingerprint density at radius 2 is 1.70 bits per heavy atom. The third kappa shape index (κ3) is 6.17. The van der Waals surface area contributed by atoms with Gasteiger partial charge in [-0.3, -0.25) is 0 Å². The van der Waals surface area contributed by atoms with E-state index >= 15 is 8.78 Å². The van der Waals surface area contributed by atoms with Gasteiger partial charge in [-0.25, -0.2) is 13.2 Å². The van der Waals surface area contributed by atoms with E-state index in [0.717, 1.165) is 31.5 Å². The number of nitrogens with one attached hydrogen (secondary N) is 1. The smallest absolute Gasteiger partial charge is 0.377 e. The molecular formula is C44H68F2N2O4S. The summed E-state index contributed by atoms with van der Waals surface area (Å²) in [5.74, 6) is -2.69. The number of esters is 1. The quantitative estimate of drug-likeness (QED) is 0.187. The minimum Gasteiger partial charge on any atom is -0.462 e. The second kappa shape index (κ2) is 13.5. The molecule has 7 aliphatic rings. The van der Waals surface area contributed by atoms with Gasteiger partial charge in [-0.1, -0.05) is 58.9 Å². The van der Waals surface area contributed by atoms with Gasteiger partial charge in [-0.15, -0.1) is 0 Å². The molecule has 0 aromatic carbocycles. The fourth-order valence-corrected chi connectivity index (χ4v) is 15.9. The van der Waals surface area contributed by atoms with Crippen molar-refractivity contribution in [2.24, 2.45) is 57.2 Å². The van der Waals surface area contributed by atoms with E-state index < -0.39 is 27.6 Å². The van der Waals surface area contributed by atoms with Gasteiger partial charge in [0.2, 0.25) is 0 Å². The van der Waals surface area contributed by atoms with Gasteiger partial charge in [0.15, 0.2) is 9.84 Å². The Labute approximate surface area is 319 Å². The van der Waals surface area contributed by atoms with E-state index in [-0.39, 0.29) is 51.7 Å². The first-order valence-corrected chi connectivity index (χ1v) is 22.9. The van der Waals surface area contributed by atoms with Crippen molar-refractivity contribution in [2.45, 2.75) is 131 Å². The standard InChI is InChI=1S/C44H68F2N2O4S/c1-9-52-38(49)44(45,46)31-11-10-30(28-31)33-15-17-40(6)35(39(33,4)5)16-18-42(8)36(40)13-12-34-37-32(29(2)3)14-19-43(37,21-20-41(34,42)7)47-22-23-48-24-26-53(50,51)27-25-48/h15,28,31-32,34-37,47H,2,9-14,16-27H2,1,3-8H3. The molecule has 1 aliphatic heterocycles. The van der Waals surface area contributed by atoms with Crippen molar-refractivity contribution in [2.75, 3.05) is 44.3 Å². The normalized spacial score (nSPS) is 43.4. The molecule has 298 valence electrons. The highest BCUT2D eigenvalue weighted by Crippen LogP contribution is 2.76. The molecule has 0 bridgehead atoms. The van der Waals surface area contributed by atoms with Crippen molar-refractivity contribution < 1.29 is 26.7 Å². The Morgan fingerprint density at radius 3 is 2.38 bits per heavy atom. The number of nitrogens with zero attached hydrogens (tertiary/aromatic N) is 1. The number of carbonyl (C=O) groups is 1. The molecule has 1 heterocycles. The van der Waals surface area contributed by atoms with Gasteiger partial charge in [0.05, 0.1) is 24.0 Å². The van der Waals surface area contributed by atoms with E-state index in [1.807, 2.05) is 0 Å². The van der Waals surface area contributed by atoms with Crippen LogP contribution in [0.4, 0.5) is 8.78 Å². The Balaban J connectivity index is 1.12. The Hall–Kier alpha value is -1.58. The Bertz CT molecular complexity index is 1640. The summed E-state index contributed by atoms with van der Waals surface area (Å²) in [4.78, 5) is 14.5. The average molecular weight is 759 g/mol. The zero-order chi connectivity index (χ0) is 38.4. The monoisotopic (exact) mass is 758 g/mol. The van der Waals surface area contributed by atoms with E-state index in [1.165, 1.54) is 56.1 Å². The van der Waals surface area contributed by atoms with Crippen molar-refractivity contribution in [3.63, 3.8) is 0 Å². The van der Waals surface area contributed by atoms with Crippen molar-refractivity contribution in [3.8, 4) is 0 Å². The van der Waals surface area contributed by atoms with Crippen LogP contribution in [0.1, 0.15) is 119 Å². The van der Waals surface area contributed by atoms with Gasteiger partial charge >= 0.3 is 11.9 Å². The lowest BCUT2D eigenvalue weighted by Crippen LogP contribution is -2.68. The van der Waals surface area contributed by atoms with Crippen LogP contribution in [0.15, 0.2) is 35.5 Å². The summed E-state index contributed by atoms with van der Waals surface area (Å²) in [5, 5.41) is 4.19. The first kappa shape index (κ1) is 39.6. The average Bonchev–Trinajstić information content (AvgIpc) is 3.72. The number of fused-ring (bicyclic) bond motifs is 7. The van der Waals surface area contributed by atoms with Crippen LogP contribution in [0.3, 0.4) is 0 Å². The summed E-state index contributed by atoms with van der Waals surface area (Å²) in [6, 6.07) is 0. The summed E-state index contributed by atoms with van der Waals surface area (Å²) < 4.78 is 59.1. The number of halogens is 2. The molecule has 6 nitrogen and oxygen atoms in total. The first-order valence-electron chi connectivity index (χ1n) is 21.1. The van der Waals surface area contributed by atoms with E-state index in [9.17, 15) is 13.2 Å². The number of allylic oxidation sites excluding steroid dienone is 5. The van der Waals surface area contributed by atoms with Crippen LogP contribution in [0, 0.1) is 57.2 Å². The first-order chi connectivity index (χ1) is 24.8. The number of alkyl halides is 2. The molecule has 53 heavy (non-hydrogen) atoms. The SMILES string of the molecule is C=C(C)C1CCC2(NCCN3CCS(=O)(=O)CC3)CCC3(C)C(CCC4C5(C)CC=C(C6=CC(C(F)(F)C(=O)OCC)CC6)C(C)(C)C5CCC43C)C12. The molecule has 0 aromatic rings. The summed E-state index contributed by atoms with van der Waals surface area (Å²) in [6.45, 7) is 24.1. The van der Waals surface area contributed by atoms with Crippen molar-refractivity contribution in [1.82, 2.24) is 10.2 Å². The lowest BCUT2D eigenvalue weighted by Gasteiger charge is -2.72. The fourth-order valence-electron chi connectivity index (χ4n) is 14.7. The van der Waals surface area contributed by atoms with Crippen LogP contribution < -0.4 is 5.32 Å². The summed E-state index contributed by atoms with van der Waals surface area (Å²) in [6.07, 6.45) is 15.6. The third-order valence-electron chi connectivity index (χ3n) is 17.5. The molecule has 10 atom stereocenters. The molecule has 4 saturated carbocycles. The maximum absolute atomic E-state index is 15.1. The van der Waals surface area contributed by atoms with Crippen LogP contribution in [0.5, 0.6) is 0 Å². The van der Waals surface area contributed by atoms with Gasteiger partial charge in [0.25, 0.3) is 0 Å². The topological polar surface area (TPSA) is 75.7 Å². The summed E-state index contributed by atoms with van der Waals surface area (Å²) in [5.41, 5.74) is 4.10. The van der Waals surface area contributed by atoms with Crippen LogP contribution in [0.2, 0.25) is 0 Å². The van der Waals surface area contributed by atoms with E-state index in [4.69, 9.17) is 4.74 Å². The van der Waals surface area contributed by atoms with Crippen LogP contribution in [-0.2, 0) is 19.4 Å². The van der Waals surface area contributed by atoms with Crippen molar-refractivity contribution in [1.29, 1.82) is 0 Å². The second-order valence-electron chi connectivity index (χ2n) is 20.0. The lowest BCUT2D eigenvalue weighted by molar-refractivity contribution is -0.221. The molecule has 6 aliphatic carbocycles. The maximum Gasteiger partial charge on any atom is 0.377 e. The molecule has 0 spiro atoms. The predicted molar refractivity (Wildman–Crippen MR) is 208 cm³/mol. The molecule has 9 heteroatoms. The largest absolute Gasteiger partial charge is 0.462 e. The summed E-state index contributed by atoms with van der Waals surface area (Å²) in [7, 11) is -2.88. The van der Waals surface area contributed by atoms with Gasteiger partial charge in [0, 0.05) is 31.7 Å². The molecule has 7 rings (SSSR count).